The van der Waals surface area contributed by atoms with Crippen molar-refractivity contribution in [2.24, 2.45) is 0 Å². The van der Waals surface area contributed by atoms with Gasteiger partial charge in [-0.25, -0.2) is 9.59 Å². The van der Waals surface area contributed by atoms with E-state index in [-0.39, 0.29) is 10.4 Å². The van der Waals surface area contributed by atoms with Crippen LogP contribution in [0.1, 0.15) is 19.9 Å². The highest BCUT2D eigenvalue weighted by Gasteiger charge is 2.16. The zero-order valence-electron chi connectivity index (χ0n) is 9.15. The standard InChI is InChI=1S/C9H10BrClN2O4/c1-5(3-11)13-8(15)7(10)4-12(9(13)16)17-6(2)14/h4-5H,3H2,1-2H3/t5-/m0/s1. The van der Waals surface area contributed by atoms with Gasteiger partial charge in [0.15, 0.2) is 0 Å². The van der Waals surface area contributed by atoms with Gasteiger partial charge in [-0.15, -0.1) is 16.3 Å². The summed E-state index contributed by atoms with van der Waals surface area (Å²) in [5.41, 5.74) is -1.27. The summed E-state index contributed by atoms with van der Waals surface area (Å²) in [6.45, 7) is 2.76. The Kier molecular flexibility index (Phi) is 4.53. The molecule has 0 bridgehead atoms. The first-order valence-corrected chi connectivity index (χ1v) is 5.99. The smallest absolute Gasteiger partial charge is 0.333 e. The minimum Gasteiger partial charge on any atom is -0.333 e. The van der Waals surface area contributed by atoms with Gasteiger partial charge in [0.2, 0.25) is 0 Å². The molecule has 0 radical (unpaired) electrons. The summed E-state index contributed by atoms with van der Waals surface area (Å²) in [5.74, 6) is -0.575. The summed E-state index contributed by atoms with van der Waals surface area (Å²) >= 11 is 8.60. The molecule has 0 aliphatic carbocycles. The Hall–Kier alpha value is -1.08. The van der Waals surface area contributed by atoms with E-state index in [1.807, 2.05) is 0 Å². The van der Waals surface area contributed by atoms with Gasteiger partial charge in [-0.2, -0.15) is 0 Å². The molecule has 6 nitrogen and oxygen atoms in total. The molecule has 17 heavy (non-hydrogen) atoms. The van der Waals surface area contributed by atoms with E-state index in [4.69, 9.17) is 11.6 Å². The number of aromatic nitrogens is 2. The van der Waals surface area contributed by atoms with Crippen molar-refractivity contribution in [1.29, 1.82) is 0 Å². The van der Waals surface area contributed by atoms with Crippen LogP contribution in [0.3, 0.4) is 0 Å². The molecule has 0 aromatic carbocycles. The highest BCUT2D eigenvalue weighted by molar-refractivity contribution is 9.10. The van der Waals surface area contributed by atoms with E-state index in [0.717, 1.165) is 17.7 Å². The molecule has 0 spiro atoms. The quantitative estimate of drug-likeness (QED) is 0.761. The molecule has 1 heterocycles. The van der Waals surface area contributed by atoms with Crippen molar-refractivity contribution < 1.29 is 9.63 Å². The lowest BCUT2D eigenvalue weighted by Crippen LogP contribution is -2.44. The number of nitrogens with zero attached hydrogens (tertiary/aromatic N) is 2. The third-order valence-electron chi connectivity index (χ3n) is 1.94. The topological polar surface area (TPSA) is 70.3 Å². The Balaban J connectivity index is 3.48. The van der Waals surface area contributed by atoms with Crippen LogP contribution in [-0.4, -0.2) is 21.1 Å². The zero-order valence-corrected chi connectivity index (χ0v) is 11.5. The van der Waals surface area contributed by atoms with E-state index >= 15 is 0 Å². The molecule has 0 N–H and O–H groups in total. The molecule has 0 unspecified atom stereocenters. The number of hydrogen-bond donors (Lipinski definition) is 0. The van der Waals surface area contributed by atoms with Crippen molar-refractivity contribution in [3.05, 3.63) is 31.5 Å². The highest BCUT2D eigenvalue weighted by atomic mass is 79.9. The molecule has 1 aromatic rings. The molecule has 1 rings (SSSR count). The van der Waals surface area contributed by atoms with Crippen molar-refractivity contribution in [2.45, 2.75) is 19.9 Å². The summed E-state index contributed by atoms with van der Waals surface area (Å²) in [6.07, 6.45) is 1.10. The number of rotatable bonds is 3. The predicted molar refractivity (Wildman–Crippen MR) is 65.4 cm³/mol. The normalized spacial score (nSPS) is 12.2. The van der Waals surface area contributed by atoms with Crippen LogP contribution in [0.25, 0.3) is 0 Å². The maximum Gasteiger partial charge on any atom is 0.364 e. The lowest BCUT2D eigenvalue weighted by Gasteiger charge is -2.13. The van der Waals surface area contributed by atoms with Gasteiger partial charge in [0.25, 0.3) is 5.56 Å². The minimum absolute atomic E-state index is 0.0890. The summed E-state index contributed by atoms with van der Waals surface area (Å²) in [4.78, 5) is 39.0. The molecule has 94 valence electrons. The van der Waals surface area contributed by atoms with E-state index in [0.29, 0.717) is 4.73 Å². The van der Waals surface area contributed by atoms with Crippen LogP contribution in [0.15, 0.2) is 20.3 Å². The maximum atomic E-state index is 11.8. The zero-order chi connectivity index (χ0) is 13.2. The first kappa shape index (κ1) is 14.0. The van der Waals surface area contributed by atoms with Crippen LogP contribution < -0.4 is 16.1 Å². The number of alkyl halides is 1. The van der Waals surface area contributed by atoms with E-state index in [2.05, 4.69) is 20.8 Å². The third kappa shape index (κ3) is 2.98. The average molecular weight is 326 g/mol. The second kappa shape index (κ2) is 5.50. The number of carbonyl (C=O) groups excluding carboxylic acids is 1. The predicted octanol–water partition coefficient (Wildman–Crippen LogP) is 0.547. The van der Waals surface area contributed by atoms with Gasteiger partial charge in [-0.3, -0.25) is 9.36 Å². The van der Waals surface area contributed by atoms with Crippen molar-refractivity contribution >= 4 is 33.5 Å². The fourth-order valence-corrected chi connectivity index (χ4v) is 1.70. The fourth-order valence-electron chi connectivity index (χ4n) is 1.18. The second-order valence-electron chi connectivity index (χ2n) is 3.35. The Morgan fingerprint density at radius 1 is 1.59 bits per heavy atom. The third-order valence-corrected chi connectivity index (χ3v) is 2.93. The first-order chi connectivity index (χ1) is 7.88. The van der Waals surface area contributed by atoms with Gasteiger partial charge in [0.05, 0.1) is 12.2 Å². The Bertz CT molecular complexity index is 551. The number of carbonyl (C=O) groups is 1. The minimum atomic E-state index is -0.749. The van der Waals surface area contributed by atoms with Crippen LogP contribution in [0, 0.1) is 0 Å². The van der Waals surface area contributed by atoms with Crippen LogP contribution in [0.2, 0.25) is 0 Å². The lowest BCUT2D eigenvalue weighted by atomic mass is 10.4. The Labute approximate surface area is 110 Å². The molecule has 0 fully saturated rings. The summed E-state index contributed by atoms with van der Waals surface area (Å²) < 4.78 is 1.71. The van der Waals surface area contributed by atoms with Crippen molar-refractivity contribution in [1.82, 2.24) is 9.30 Å². The van der Waals surface area contributed by atoms with Gasteiger partial charge in [-0.1, -0.05) is 0 Å². The van der Waals surface area contributed by atoms with E-state index in [1.54, 1.807) is 6.92 Å². The Morgan fingerprint density at radius 2 is 2.18 bits per heavy atom. The van der Waals surface area contributed by atoms with Gasteiger partial charge < -0.3 is 4.84 Å². The van der Waals surface area contributed by atoms with Crippen LogP contribution >= 0.6 is 27.5 Å². The molecule has 1 atom stereocenters. The molecule has 0 saturated heterocycles. The van der Waals surface area contributed by atoms with Gasteiger partial charge in [0.1, 0.15) is 4.47 Å². The van der Waals surface area contributed by atoms with Gasteiger partial charge >= 0.3 is 11.7 Å². The van der Waals surface area contributed by atoms with Gasteiger partial charge in [0, 0.05) is 12.8 Å². The SMILES string of the molecule is CC(=O)On1cc(Br)c(=O)n([C@@H](C)CCl)c1=O. The van der Waals surface area contributed by atoms with Crippen LogP contribution in [0.4, 0.5) is 0 Å². The van der Waals surface area contributed by atoms with Crippen molar-refractivity contribution in [3.8, 4) is 0 Å². The molecule has 0 aliphatic rings. The molecule has 0 amide bonds. The molecule has 8 heteroatoms. The summed E-state index contributed by atoms with van der Waals surface area (Å²) in [7, 11) is 0. The fraction of sp³-hybridized carbons (Fsp3) is 0.444. The summed E-state index contributed by atoms with van der Waals surface area (Å²) in [6, 6.07) is -0.504. The lowest BCUT2D eigenvalue weighted by molar-refractivity contribution is -0.142. The largest absolute Gasteiger partial charge is 0.364 e. The van der Waals surface area contributed by atoms with E-state index in [9.17, 15) is 14.4 Å². The van der Waals surface area contributed by atoms with Crippen molar-refractivity contribution in [3.63, 3.8) is 0 Å². The van der Waals surface area contributed by atoms with Crippen LogP contribution in [0.5, 0.6) is 0 Å². The first-order valence-electron chi connectivity index (χ1n) is 4.67. The van der Waals surface area contributed by atoms with E-state index in [1.165, 1.54) is 0 Å². The molecular formula is C9H10BrClN2O4. The van der Waals surface area contributed by atoms with Crippen LogP contribution in [-0.2, 0) is 4.79 Å². The van der Waals surface area contributed by atoms with Crippen molar-refractivity contribution in [2.75, 3.05) is 5.88 Å². The molecule has 1 aromatic heterocycles. The van der Waals surface area contributed by atoms with E-state index < -0.39 is 23.3 Å². The maximum absolute atomic E-state index is 11.8. The number of halogens is 2. The molecule has 0 aliphatic heterocycles. The highest BCUT2D eigenvalue weighted by Crippen LogP contribution is 2.05. The molecule has 0 saturated carbocycles. The monoisotopic (exact) mass is 324 g/mol. The second-order valence-corrected chi connectivity index (χ2v) is 4.51. The molecular weight excluding hydrogens is 315 g/mol. The summed E-state index contributed by atoms with van der Waals surface area (Å²) in [5, 5.41) is 0. The van der Waals surface area contributed by atoms with Gasteiger partial charge in [-0.05, 0) is 22.9 Å². The Morgan fingerprint density at radius 3 is 2.65 bits per heavy atom. The average Bonchev–Trinajstić information content (AvgIpc) is 2.25. The number of hydrogen-bond acceptors (Lipinski definition) is 4.